The Kier molecular flexibility index (Phi) is 5.48. The molecule has 0 atom stereocenters. The average molecular weight is 442 g/mol. The maximum absolute atomic E-state index is 12.6. The van der Waals surface area contributed by atoms with Gasteiger partial charge in [0.2, 0.25) is 0 Å². The summed E-state index contributed by atoms with van der Waals surface area (Å²) in [5.74, 6) is -0.284. The highest BCUT2D eigenvalue weighted by molar-refractivity contribution is 7.80. The first-order valence-corrected chi connectivity index (χ1v) is 10.3. The number of benzene rings is 2. The fraction of sp³-hybridized carbons (Fsp3) is 0.0500. The van der Waals surface area contributed by atoms with Crippen molar-refractivity contribution in [3.05, 3.63) is 76.3 Å². The summed E-state index contributed by atoms with van der Waals surface area (Å²) in [6.07, 6.45) is 0. The summed E-state index contributed by atoms with van der Waals surface area (Å²) in [4.78, 5) is 14.1. The van der Waals surface area contributed by atoms with Gasteiger partial charge >= 0.3 is 0 Å². The summed E-state index contributed by atoms with van der Waals surface area (Å²) in [5.41, 5.74) is 7.78. The van der Waals surface area contributed by atoms with Crippen LogP contribution in [0.2, 0.25) is 5.02 Å². The highest BCUT2D eigenvalue weighted by atomic mass is 35.5. The van der Waals surface area contributed by atoms with Gasteiger partial charge in [-0.1, -0.05) is 41.9 Å². The average Bonchev–Trinajstić information content (AvgIpc) is 3.29. The molecule has 2 aromatic heterocycles. The van der Waals surface area contributed by atoms with Crippen molar-refractivity contribution in [1.82, 2.24) is 20.6 Å². The number of amides is 1. The molecule has 3 N–H and O–H groups in total. The van der Waals surface area contributed by atoms with Gasteiger partial charge in [-0.2, -0.15) is 5.10 Å². The van der Waals surface area contributed by atoms with E-state index in [4.69, 9.17) is 23.8 Å². The number of anilines is 1. The number of hydrogen-bond acceptors (Lipinski definition) is 4. The quantitative estimate of drug-likeness (QED) is 0.318. The van der Waals surface area contributed by atoms with Gasteiger partial charge in [0.15, 0.2) is 5.11 Å². The number of halogens is 1. The minimum absolute atomic E-state index is 0.235. The Morgan fingerprint density at radius 2 is 1.83 bits per heavy atom. The van der Waals surface area contributed by atoms with Crippen molar-refractivity contribution in [2.24, 2.45) is 0 Å². The van der Waals surface area contributed by atoms with Gasteiger partial charge < -0.3 is 5.32 Å². The Hall–Kier alpha value is -2.94. The molecule has 2 aromatic carbocycles. The molecule has 0 fully saturated rings. The predicted molar refractivity (Wildman–Crippen MR) is 122 cm³/mol. The molecule has 0 unspecified atom stereocenters. The number of aromatic nitrogens is 2. The number of thiophene rings is 1. The smallest absolute Gasteiger partial charge is 0.279 e. The van der Waals surface area contributed by atoms with E-state index in [-0.39, 0.29) is 11.0 Å². The molecule has 0 spiro atoms. The first-order chi connectivity index (χ1) is 14.0. The van der Waals surface area contributed by atoms with Crippen LogP contribution in [0, 0.1) is 6.92 Å². The van der Waals surface area contributed by atoms with Crippen molar-refractivity contribution in [2.75, 3.05) is 5.32 Å². The Balaban J connectivity index is 1.48. The molecular weight excluding hydrogens is 426 g/mol. The van der Waals surface area contributed by atoms with E-state index >= 15 is 0 Å². The molecular formula is C20H16ClN5OS2. The van der Waals surface area contributed by atoms with Gasteiger partial charge in [-0.15, -0.1) is 11.3 Å². The van der Waals surface area contributed by atoms with Gasteiger partial charge in [0.25, 0.3) is 5.91 Å². The SMILES string of the molecule is Cc1nn(-c2ccccc2)c2sc(C(=O)NNC(=S)Nc3ccccc3Cl)cc12. The third-order valence-electron chi connectivity index (χ3n) is 4.18. The molecule has 0 saturated carbocycles. The van der Waals surface area contributed by atoms with Crippen LogP contribution in [0.25, 0.3) is 15.9 Å². The molecule has 0 radical (unpaired) electrons. The third kappa shape index (κ3) is 4.09. The van der Waals surface area contributed by atoms with Crippen molar-refractivity contribution >= 4 is 62.1 Å². The molecule has 4 rings (SSSR count). The van der Waals surface area contributed by atoms with Crippen molar-refractivity contribution in [1.29, 1.82) is 0 Å². The summed E-state index contributed by atoms with van der Waals surface area (Å²) in [6, 6.07) is 18.9. The van der Waals surface area contributed by atoms with E-state index in [0.717, 1.165) is 21.6 Å². The number of carbonyl (C=O) groups excluding carboxylic acids is 1. The maximum Gasteiger partial charge on any atom is 0.279 e. The summed E-state index contributed by atoms with van der Waals surface area (Å²) >= 11 is 12.7. The number of aryl methyl sites for hydroxylation is 1. The fourth-order valence-corrected chi connectivity index (χ4v) is 4.22. The summed E-state index contributed by atoms with van der Waals surface area (Å²) in [5, 5.41) is 9.24. The molecule has 4 aromatic rings. The van der Waals surface area contributed by atoms with Crippen LogP contribution in [-0.4, -0.2) is 20.8 Å². The fourth-order valence-electron chi connectivity index (χ4n) is 2.79. The second-order valence-corrected chi connectivity index (χ2v) is 8.02. The van der Waals surface area contributed by atoms with Crippen LogP contribution in [0.1, 0.15) is 15.4 Å². The van der Waals surface area contributed by atoms with Crippen LogP contribution in [0.15, 0.2) is 60.7 Å². The molecule has 29 heavy (non-hydrogen) atoms. The predicted octanol–water partition coefficient (Wildman–Crippen LogP) is 4.68. The minimum atomic E-state index is -0.284. The lowest BCUT2D eigenvalue weighted by molar-refractivity contribution is 0.0948. The van der Waals surface area contributed by atoms with Gasteiger partial charge in [0.1, 0.15) is 4.83 Å². The molecule has 2 heterocycles. The zero-order chi connectivity index (χ0) is 20.4. The monoisotopic (exact) mass is 441 g/mol. The highest BCUT2D eigenvalue weighted by Crippen LogP contribution is 2.30. The van der Waals surface area contributed by atoms with Gasteiger partial charge in [-0.3, -0.25) is 15.6 Å². The van der Waals surface area contributed by atoms with E-state index in [1.54, 1.807) is 12.1 Å². The van der Waals surface area contributed by atoms with Gasteiger partial charge in [-0.05, 0) is 49.5 Å². The molecule has 0 aliphatic heterocycles. The molecule has 0 saturated heterocycles. The lowest BCUT2D eigenvalue weighted by Gasteiger charge is -2.11. The van der Waals surface area contributed by atoms with Crippen LogP contribution in [-0.2, 0) is 0 Å². The zero-order valence-corrected chi connectivity index (χ0v) is 17.7. The number of fused-ring (bicyclic) bond motifs is 1. The molecule has 6 nitrogen and oxygen atoms in total. The highest BCUT2D eigenvalue weighted by Gasteiger charge is 2.17. The van der Waals surface area contributed by atoms with E-state index in [1.807, 2.05) is 60.1 Å². The Morgan fingerprint density at radius 3 is 2.59 bits per heavy atom. The standard InChI is InChI=1S/C20H16ClN5OS2/c1-12-14-11-17(29-19(14)26(25-12)13-7-3-2-4-8-13)18(27)23-24-20(28)22-16-10-6-5-9-15(16)21/h2-11H,1H3,(H,23,27)(H2,22,24,28). The van der Waals surface area contributed by atoms with E-state index in [0.29, 0.717) is 15.6 Å². The largest absolute Gasteiger partial charge is 0.330 e. The van der Waals surface area contributed by atoms with Crippen molar-refractivity contribution in [3.63, 3.8) is 0 Å². The first kappa shape index (κ1) is 19.4. The van der Waals surface area contributed by atoms with E-state index in [9.17, 15) is 4.79 Å². The molecule has 146 valence electrons. The topological polar surface area (TPSA) is 71.0 Å². The van der Waals surface area contributed by atoms with Crippen LogP contribution in [0.5, 0.6) is 0 Å². The first-order valence-electron chi connectivity index (χ1n) is 8.69. The number of thiocarbonyl (C=S) groups is 1. The van der Waals surface area contributed by atoms with Gasteiger partial charge in [0, 0.05) is 5.39 Å². The van der Waals surface area contributed by atoms with Crippen LogP contribution >= 0.6 is 35.2 Å². The van der Waals surface area contributed by atoms with E-state index in [1.165, 1.54) is 11.3 Å². The number of hydrazine groups is 1. The summed E-state index contributed by atoms with van der Waals surface area (Å²) in [6.45, 7) is 1.93. The summed E-state index contributed by atoms with van der Waals surface area (Å²) < 4.78 is 1.85. The maximum atomic E-state index is 12.6. The normalized spacial score (nSPS) is 10.7. The number of rotatable bonds is 3. The molecule has 0 aliphatic carbocycles. The summed E-state index contributed by atoms with van der Waals surface area (Å²) in [7, 11) is 0. The number of nitrogens with zero attached hydrogens (tertiary/aromatic N) is 2. The van der Waals surface area contributed by atoms with Crippen molar-refractivity contribution in [3.8, 4) is 5.69 Å². The second-order valence-electron chi connectivity index (χ2n) is 6.18. The molecule has 0 aliphatic rings. The number of para-hydroxylation sites is 2. The number of hydrogen-bond donors (Lipinski definition) is 3. The van der Waals surface area contributed by atoms with Crippen molar-refractivity contribution < 1.29 is 4.79 Å². The number of nitrogens with one attached hydrogen (secondary N) is 3. The molecule has 0 bridgehead atoms. The Bertz CT molecular complexity index is 1200. The van der Waals surface area contributed by atoms with E-state index < -0.39 is 0 Å². The van der Waals surface area contributed by atoms with Crippen LogP contribution in [0.4, 0.5) is 5.69 Å². The third-order valence-corrected chi connectivity index (χ3v) is 5.82. The lowest BCUT2D eigenvalue weighted by atomic mass is 10.3. The lowest BCUT2D eigenvalue weighted by Crippen LogP contribution is -2.43. The van der Waals surface area contributed by atoms with Crippen molar-refractivity contribution in [2.45, 2.75) is 6.92 Å². The molecule has 9 heteroatoms. The van der Waals surface area contributed by atoms with Gasteiger partial charge in [-0.25, -0.2) is 4.68 Å². The van der Waals surface area contributed by atoms with E-state index in [2.05, 4.69) is 21.3 Å². The van der Waals surface area contributed by atoms with Crippen LogP contribution < -0.4 is 16.2 Å². The van der Waals surface area contributed by atoms with Crippen LogP contribution in [0.3, 0.4) is 0 Å². The van der Waals surface area contributed by atoms with Gasteiger partial charge in [0.05, 0.1) is 27.0 Å². The zero-order valence-electron chi connectivity index (χ0n) is 15.3. The molecule has 1 amide bonds. The minimum Gasteiger partial charge on any atom is -0.330 e. The number of carbonyl (C=O) groups is 1. The second kappa shape index (κ2) is 8.20. The Morgan fingerprint density at radius 1 is 1.10 bits per heavy atom. The Labute approximate surface area is 181 Å².